The summed E-state index contributed by atoms with van der Waals surface area (Å²) in [6.45, 7) is 2.65. The van der Waals surface area contributed by atoms with E-state index >= 15 is 0 Å². The van der Waals surface area contributed by atoms with E-state index < -0.39 is 0 Å². The Morgan fingerprint density at radius 2 is 2.09 bits per heavy atom. The summed E-state index contributed by atoms with van der Waals surface area (Å²) < 4.78 is 12.8. The first-order valence-corrected chi connectivity index (χ1v) is 12.6. The molecule has 33 heavy (non-hydrogen) atoms. The lowest BCUT2D eigenvalue weighted by Gasteiger charge is -2.28. The quantitative estimate of drug-likeness (QED) is 0.463. The van der Waals surface area contributed by atoms with Crippen LogP contribution in [0.4, 0.5) is 0 Å². The Balaban J connectivity index is 1.27. The maximum absolute atomic E-state index is 12.7. The molecule has 5 rings (SSSR count). The van der Waals surface area contributed by atoms with Crippen LogP contribution in [0, 0.1) is 17.8 Å². The summed E-state index contributed by atoms with van der Waals surface area (Å²) in [6, 6.07) is 11.7. The Kier molecular flexibility index (Phi) is 6.44. The first kappa shape index (κ1) is 22.1. The van der Waals surface area contributed by atoms with Gasteiger partial charge in [-0.3, -0.25) is 9.36 Å². The molecule has 2 aromatic heterocycles. The number of hydrogen-bond donors (Lipinski definition) is 1. The third kappa shape index (κ3) is 4.81. The Morgan fingerprint density at radius 3 is 2.76 bits per heavy atom. The van der Waals surface area contributed by atoms with Crippen LogP contribution >= 0.6 is 11.8 Å². The average Bonchev–Trinajstić information content (AvgIpc) is 3.63. The molecule has 2 bridgehead atoms. The normalized spacial score (nSPS) is 22.4. The van der Waals surface area contributed by atoms with Crippen molar-refractivity contribution in [2.45, 2.75) is 50.4 Å². The summed E-state index contributed by atoms with van der Waals surface area (Å²) in [5.74, 6) is 4.98. The Hall–Kier alpha value is -2.74. The standard InChI is InChI=1S/C25H30N4O3S/c1-16(22-13-17-5-6-19(22)12-17)26-23(30)15-33-25-28-27-24(18-7-9-20(31-2)10-8-18)29(25)14-21-4-3-11-32-21/h3-4,7-11,16-17,19,22H,5-6,12-15H2,1-2H3,(H,26,30). The highest BCUT2D eigenvalue weighted by Gasteiger charge is 2.42. The number of thioether (sulfide) groups is 1. The minimum absolute atomic E-state index is 0.0498. The number of hydrogen-bond acceptors (Lipinski definition) is 6. The highest BCUT2D eigenvalue weighted by atomic mass is 32.2. The smallest absolute Gasteiger partial charge is 0.230 e. The zero-order chi connectivity index (χ0) is 22.8. The number of carbonyl (C=O) groups excluding carboxylic acids is 1. The number of ether oxygens (including phenoxy) is 1. The van der Waals surface area contributed by atoms with Crippen molar-refractivity contribution in [1.82, 2.24) is 20.1 Å². The van der Waals surface area contributed by atoms with E-state index in [0.29, 0.717) is 23.4 Å². The van der Waals surface area contributed by atoms with E-state index in [4.69, 9.17) is 9.15 Å². The molecule has 2 aliphatic rings. The number of amides is 1. The molecule has 2 heterocycles. The maximum atomic E-state index is 12.7. The van der Waals surface area contributed by atoms with E-state index in [9.17, 15) is 4.79 Å². The van der Waals surface area contributed by atoms with Gasteiger partial charge in [-0.2, -0.15) is 0 Å². The van der Waals surface area contributed by atoms with Crippen molar-refractivity contribution in [2.75, 3.05) is 12.9 Å². The number of aromatic nitrogens is 3. The van der Waals surface area contributed by atoms with E-state index in [0.717, 1.165) is 34.7 Å². The summed E-state index contributed by atoms with van der Waals surface area (Å²) in [4.78, 5) is 12.7. The van der Waals surface area contributed by atoms with Gasteiger partial charge in [0.05, 0.1) is 25.7 Å². The van der Waals surface area contributed by atoms with Crippen LogP contribution in [-0.2, 0) is 11.3 Å². The van der Waals surface area contributed by atoms with Crippen LogP contribution in [0.25, 0.3) is 11.4 Å². The van der Waals surface area contributed by atoms with Gasteiger partial charge < -0.3 is 14.5 Å². The number of nitrogens with one attached hydrogen (secondary N) is 1. The third-order valence-corrected chi connectivity index (χ3v) is 8.08. The van der Waals surface area contributed by atoms with Gasteiger partial charge in [-0.05, 0) is 80.3 Å². The molecular weight excluding hydrogens is 436 g/mol. The second-order valence-electron chi connectivity index (χ2n) is 9.18. The predicted octanol–water partition coefficient (Wildman–Crippen LogP) is 4.63. The Labute approximate surface area is 198 Å². The minimum atomic E-state index is 0.0498. The molecule has 1 N–H and O–H groups in total. The highest BCUT2D eigenvalue weighted by molar-refractivity contribution is 7.99. The fraction of sp³-hybridized carbons (Fsp3) is 0.480. The number of benzene rings is 1. The van der Waals surface area contributed by atoms with Crippen molar-refractivity contribution < 1.29 is 13.9 Å². The molecule has 7 nitrogen and oxygen atoms in total. The lowest BCUT2D eigenvalue weighted by atomic mass is 9.84. The van der Waals surface area contributed by atoms with Crippen molar-refractivity contribution >= 4 is 17.7 Å². The third-order valence-electron chi connectivity index (χ3n) is 7.12. The second-order valence-corrected chi connectivity index (χ2v) is 10.1. The van der Waals surface area contributed by atoms with Crippen LogP contribution in [0.5, 0.6) is 5.75 Å². The van der Waals surface area contributed by atoms with Crippen LogP contribution in [0.3, 0.4) is 0 Å². The summed E-state index contributed by atoms with van der Waals surface area (Å²) in [5, 5.41) is 12.8. The molecule has 0 aliphatic heterocycles. The molecular formula is C25H30N4O3S. The second kappa shape index (κ2) is 9.63. The average molecular weight is 467 g/mol. The van der Waals surface area contributed by atoms with Crippen molar-refractivity contribution in [3.05, 3.63) is 48.4 Å². The fourth-order valence-electron chi connectivity index (χ4n) is 5.49. The number of furan rings is 1. The maximum Gasteiger partial charge on any atom is 0.230 e. The molecule has 8 heteroatoms. The predicted molar refractivity (Wildman–Crippen MR) is 127 cm³/mol. The highest BCUT2D eigenvalue weighted by Crippen LogP contribution is 2.49. The largest absolute Gasteiger partial charge is 0.497 e. The topological polar surface area (TPSA) is 82.2 Å². The molecule has 0 radical (unpaired) electrons. The Morgan fingerprint density at radius 1 is 1.24 bits per heavy atom. The van der Waals surface area contributed by atoms with Gasteiger partial charge >= 0.3 is 0 Å². The van der Waals surface area contributed by atoms with Gasteiger partial charge in [-0.1, -0.05) is 18.2 Å². The van der Waals surface area contributed by atoms with Gasteiger partial charge in [0.2, 0.25) is 5.91 Å². The molecule has 2 fully saturated rings. The molecule has 1 aromatic carbocycles. The fourth-order valence-corrected chi connectivity index (χ4v) is 6.24. The number of carbonyl (C=O) groups is 1. The van der Waals surface area contributed by atoms with Crippen molar-refractivity contribution in [3.8, 4) is 17.1 Å². The van der Waals surface area contributed by atoms with Gasteiger partial charge in [0.15, 0.2) is 11.0 Å². The minimum Gasteiger partial charge on any atom is -0.497 e. The van der Waals surface area contributed by atoms with Crippen LogP contribution < -0.4 is 10.1 Å². The van der Waals surface area contributed by atoms with Gasteiger partial charge in [-0.25, -0.2) is 0 Å². The van der Waals surface area contributed by atoms with E-state index in [-0.39, 0.29) is 11.9 Å². The molecule has 2 aliphatic carbocycles. The zero-order valence-corrected chi connectivity index (χ0v) is 19.9. The lowest BCUT2D eigenvalue weighted by Crippen LogP contribution is -2.40. The van der Waals surface area contributed by atoms with Crippen LogP contribution in [-0.4, -0.2) is 39.6 Å². The molecule has 2 saturated carbocycles. The molecule has 0 saturated heterocycles. The summed E-state index contributed by atoms with van der Waals surface area (Å²) >= 11 is 1.41. The number of fused-ring (bicyclic) bond motifs is 2. The summed E-state index contributed by atoms with van der Waals surface area (Å²) in [7, 11) is 1.65. The number of methoxy groups -OCH3 is 1. The van der Waals surface area contributed by atoms with E-state index in [2.05, 4.69) is 22.4 Å². The van der Waals surface area contributed by atoms with E-state index in [1.807, 2.05) is 41.0 Å². The van der Waals surface area contributed by atoms with E-state index in [1.165, 1.54) is 37.4 Å². The first-order chi connectivity index (χ1) is 16.1. The summed E-state index contributed by atoms with van der Waals surface area (Å²) in [5.41, 5.74) is 0.927. The molecule has 4 atom stereocenters. The van der Waals surface area contributed by atoms with Crippen LogP contribution in [0.2, 0.25) is 0 Å². The molecule has 1 amide bonds. The zero-order valence-electron chi connectivity index (χ0n) is 19.1. The molecule has 4 unspecified atom stereocenters. The van der Waals surface area contributed by atoms with Gasteiger partial charge in [-0.15, -0.1) is 10.2 Å². The number of nitrogens with zero attached hydrogens (tertiary/aromatic N) is 3. The monoisotopic (exact) mass is 466 g/mol. The molecule has 3 aromatic rings. The van der Waals surface area contributed by atoms with Crippen molar-refractivity contribution in [2.24, 2.45) is 17.8 Å². The van der Waals surface area contributed by atoms with Crippen LogP contribution in [0.1, 0.15) is 38.4 Å². The molecule has 0 spiro atoms. The SMILES string of the molecule is COc1ccc(-c2nnc(SCC(=O)NC(C)C3CC4CCC3C4)n2Cc2ccco2)cc1. The van der Waals surface area contributed by atoms with Gasteiger partial charge in [0.25, 0.3) is 0 Å². The lowest BCUT2D eigenvalue weighted by molar-refractivity contribution is -0.119. The van der Waals surface area contributed by atoms with Gasteiger partial charge in [0, 0.05) is 11.6 Å². The molecule has 174 valence electrons. The van der Waals surface area contributed by atoms with Gasteiger partial charge in [0.1, 0.15) is 11.5 Å². The summed E-state index contributed by atoms with van der Waals surface area (Å²) in [6.07, 6.45) is 6.98. The Bertz CT molecular complexity index is 1080. The van der Waals surface area contributed by atoms with Crippen molar-refractivity contribution in [1.29, 1.82) is 0 Å². The van der Waals surface area contributed by atoms with E-state index in [1.54, 1.807) is 13.4 Å². The van der Waals surface area contributed by atoms with Crippen LogP contribution in [0.15, 0.2) is 52.2 Å². The first-order valence-electron chi connectivity index (χ1n) is 11.6. The van der Waals surface area contributed by atoms with Crippen molar-refractivity contribution in [3.63, 3.8) is 0 Å². The number of rotatable bonds is 9.